The Morgan fingerprint density at radius 3 is 2.50 bits per heavy atom. The molecule has 2 aromatic carbocycles. The molecular weight excluding hydrogens is 325 g/mol. The van der Waals surface area contributed by atoms with Gasteiger partial charge in [-0.3, -0.25) is 9.88 Å². The van der Waals surface area contributed by atoms with Crippen LogP contribution in [0.2, 0.25) is 0 Å². The van der Waals surface area contributed by atoms with Crippen LogP contribution in [-0.4, -0.2) is 15.4 Å². The standard InChI is InChI=1S/C18H22NO4P/c1-18(10-11-18)23-16-9-5-8-15(12-16)17(24(20,21)22)19-13-14-6-3-2-4-7-14/h2-9,12,17,19H,10-11,13H2,1H3,(H2,20,21,22). The van der Waals surface area contributed by atoms with Crippen LogP contribution in [0.4, 0.5) is 0 Å². The molecular formula is C18H22NO4P. The molecule has 1 atom stereocenters. The third-order valence-corrected chi connectivity index (χ3v) is 5.32. The Kier molecular flexibility index (Phi) is 4.79. The summed E-state index contributed by atoms with van der Waals surface area (Å²) in [5.74, 6) is -0.416. The fourth-order valence-electron chi connectivity index (χ4n) is 2.55. The van der Waals surface area contributed by atoms with Gasteiger partial charge in [-0.15, -0.1) is 0 Å². The summed E-state index contributed by atoms with van der Waals surface area (Å²) in [6.45, 7) is 2.41. The molecule has 3 rings (SSSR count). The molecule has 1 aliphatic rings. The predicted molar refractivity (Wildman–Crippen MR) is 92.8 cm³/mol. The first-order valence-electron chi connectivity index (χ1n) is 7.97. The molecule has 128 valence electrons. The van der Waals surface area contributed by atoms with Crippen LogP contribution in [0.5, 0.6) is 5.75 Å². The van der Waals surface area contributed by atoms with E-state index in [0.29, 0.717) is 17.9 Å². The maximum absolute atomic E-state index is 12.0. The van der Waals surface area contributed by atoms with Gasteiger partial charge in [0.05, 0.1) is 0 Å². The first kappa shape index (κ1) is 17.2. The minimum Gasteiger partial charge on any atom is -0.488 e. The van der Waals surface area contributed by atoms with Crippen LogP contribution >= 0.6 is 7.60 Å². The summed E-state index contributed by atoms with van der Waals surface area (Å²) in [6, 6.07) is 16.5. The highest BCUT2D eigenvalue weighted by Crippen LogP contribution is 2.50. The van der Waals surface area contributed by atoms with Crippen LogP contribution < -0.4 is 10.1 Å². The number of ether oxygens (including phenoxy) is 1. The molecule has 1 unspecified atom stereocenters. The molecule has 0 amide bonds. The highest BCUT2D eigenvalue weighted by Gasteiger charge is 2.40. The van der Waals surface area contributed by atoms with Crippen LogP contribution in [0.25, 0.3) is 0 Å². The minimum absolute atomic E-state index is 0.131. The molecule has 5 nitrogen and oxygen atoms in total. The Balaban J connectivity index is 1.78. The topological polar surface area (TPSA) is 78.8 Å². The van der Waals surface area contributed by atoms with Gasteiger partial charge in [0.1, 0.15) is 17.1 Å². The molecule has 0 bridgehead atoms. The van der Waals surface area contributed by atoms with Gasteiger partial charge in [0.15, 0.2) is 0 Å². The average Bonchev–Trinajstić information content (AvgIpc) is 3.24. The van der Waals surface area contributed by atoms with E-state index in [9.17, 15) is 14.4 Å². The van der Waals surface area contributed by atoms with E-state index in [0.717, 1.165) is 18.4 Å². The van der Waals surface area contributed by atoms with E-state index in [1.54, 1.807) is 18.2 Å². The maximum atomic E-state index is 12.0. The van der Waals surface area contributed by atoms with Gasteiger partial charge in [0.25, 0.3) is 0 Å². The molecule has 1 fully saturated rings. The van der Waals surface area contributed by atoms with Gasteiger partial charge in [0.2, 0.25) is 0 Å². The van der Waals surface area contributed by atoms with E-state index in [2.05, 4.69) is 5.32 Å². The molecule has 0 radical (unpaired) electrons. The first-order chi connectivity index (χ1) is 11.4. The molecule has 24 heavy (non-hydrogen) atoms. The highest BCUT2D eigenvalue weighted by atomic mass is 31.2. The van der Waals surface area contributed by atoms with Crippen LogP contribution in [0.15, 0.2) is 54.6 Å². The van der Waals surface area contributed by atoms with Crippen LogP contribution in [0.1, 0.15) is 36.7 Å². The lowest BCUT2D eigenvalue weighted by atomic mass is 10.2. The summed E-state index contributed by atoms with van der Waals surface area (Å²) >= 11 is 0. The highest BCUT2D eigenvalue weighted by molar-refractivity contribution is 7.52. The van der Waals surface area contributed by atoms with Crippen LogP contribution in [0, 0.1) is 0 Å². The third-order valence-electron chi connectivity index (χ3n) is 4.17. The van der Waals surface area contributed by atoms with Gasteiger partial charge in [-0.25, -0.2) is 0 Å². The summed E-state index contributed by atoms with van der Waals surface area (Å²) in [5, 5.41) is 2.98. The van der Waals surface area contributed by atoms with Gasteiger partial charge >= 0.3 is 7.60 Å². The van der Waals surface area contributed by atoms with Gasteiger partial charge in [-0.05, 0) is 43.0 Å². The molecule has 6 heteroatoms. The first-order valence-corrected chi connectivity index (χ1v) is 9.65. The van der Waals surface area contributed by atoms with E-state index < -0.39 is 13.4 Å². The Morgan fingerprint density at radius 2 is 1.88 bits per heavy atom. The van der Waals surface area contributed by atoms with Crippen molar-refractivity contribution in [1.82, 2.24) is 5.32 Å². The van der Waals surface area contributed by atoms with Crippen molar-refractivity contribution in [3.63, 3.8) is 0 Å². The third kappa shape index (κ3) is 4.46. The number of benzene rings is 2. The van der Waals surface area contributed by atoms with Crippen molar-refractivity contribution in [3.8, 4) is 5.75 Å². The Hall–Kier alpha value is -1.65. The molecule has 3 N–H and O–H groups in total. The molecule has 0 heterocycles. The van der Waals surface area contributed by atoms with Crippen molar-refractivity contribution in [3.05, 3.63) is 65.7 Å². The molecule has 0 aliphatic heterocycles. The van der Waals surface area contributed by atoms with E-state index in [-0.39, 0.29) is 5.60 Å². The fraction of sp³-hybridized carbons (Fsp3) is 0.333. The average molecular weight is 347 g/mol. The summed E-state index contributed by atoms with van der Waals surface area (Å²) in [7, 11) is -4.36. The zero-order chi connectivity index (χ0) is 17.2. The Bertz CT molecular complexity index is 740. The van der Waals surface area contributed by atoms with Crippen molar-refractivity contribution < 1.29 is 19.1 Å². The van der Waals surface area contributed by atoms with E-state index in [1.165, 1.54) is 0 Å². The largest absolute Gasteiger partial charge is 0.488 e. The predicted octanol–water partition coefficient (Wildman–Crippen LogP) is 3.58. The summed E-state index contributed by atoms with van der Waals surface area (Å²) < 4.78 is 17.9. The number of hydrogen-bond donors (Lipinski definition) is 3. The van der Waals surface area contributed by atoms with Crippen molar-refractivity contribution in [2.45, 2.75) is 37.7 Å². The second-order valence-corrected chi connectivity index (χ2v) is 8.18. The molecule has 0 saturated heterocycles. The lowest BCUT2D eigenvalue weighted by molar-refractivity contribution is 0.200. The molecule has 1 aliphatic carbocycles. The second kappa shape index (κ2) is 6.69. The minimum atomic E-state index is -4.36. The zero-order valence-corrected chi connectivity index (χ0v) is 14.4. The van der Waals surface area contributed by atoms with E-state index >= 15 is 0 Å². The van der Waals surface area contributed by atoms with Crippen molar-refractivity contribution in [2.75, 3.05) is 0 Å². The fourth-order valence-corrected chi connectivity index (χ4v) is 3.43. The number of hydrogen-bond acceptors (Lipinski definition) is 3. The number of rotatable bonds is 7. The van der Waals surface area contributed by atoms with Crippen LogP contribution in [-0.2, 0) is 11.1 Å². The summed E-state index contributed by atoms with van der Waals surface area (Å²) in [5.41, 5.74) is 1.36. The molecule has 1 saturated carbocycles. The normalized spacial score (nSPS) is 17.3. The Morgan fingerprint density at radius 1 is 1.17 bits per heavy atom. The monoisotopic (exact) mass is 347 g/mol. The molecule has 0 spiro atoms. The quantitative estimate of drug-likeness (QED) is 0.667. The smallest absolute Gasteiger partial charge is 0.346 e. The lowest BCUT2D eigenvalue weighted by Crippen LogP contribution is -2.21. The van der Waals surface area contributed by atoms with Crippen molar-refractivity contribution >= 4 is 7.60 Å². The van der Waals surface area contributed by atoms with Gasteiger partial charge in [-0.1, -0.05) is 42.5 Å². The molecule has 0 aromatic heterocycles. The van der Waals surface area contributed by atoms with Gasteiger partial charge in [0, 0.05) is 6.54 Å². The lowest BCUT2D eigenvalue weighted by Gasteiger charge is -2.22. The van der Waals surface area contributed by atoms with Crippen molar-refractivity contribution in [1.29, 1.82) is 0 Å². The number of nitrogens with one attached hydrogen (secondary N) is 1. The zero-order valence-electron chi connectivity index (χ0n) is 13.6. The maximum Gasteiger partial charge on any atom is 0.346 e. The SMILES string of the molecule is CC1(Oc2cccc(C(NCc3ccccc3)P(=O)(O)O)c2)CC1. The summed E-state index contributed by atoms with van der Waals surface area (Å²) in [4.78, 5) is 19.5. The summed E-state index contributed by atoms with van der Waals surface area (Å²) in [6.07, 6.45) is 2.01. The van der Waals surface area contributed by atoms with Crippen LogP contribution in [0.3, 0.4) is 0 Å². The Labute approximate surface area is 141 Å². The van der Waals surface area contributed by atoms with E-state index in [1.807, 2.05) is 43.3 Å². The second-order valence-electron chi connectivity index (χ2n) is 6.48. The molecule has 2 aromatic rings. The van der Waals surface area contributed by atoms with Gasteiger partial charge in [-0.2, -0.15) is 0 Å². The van der Waals surface area contributed by atoms with Crippen molar-refractivity contribution in [2.24, 2.45) is 0 Å². The van der Waals surface area contributed by atoms with E-state index in [4.69, 9.17) is 4.74 Å². The van der Waals surface area contributed by atoms with Gasteiger partial charge < -0.3 is 14.5 Å².